The molecule has 0 fully saturated rings. The fourth-order valence-electron chi connectivity index (χ4n) is 2.67. The zero-order valence-electron chi connectivity index (χ0n) is 17.0. The molecule has 0 radical (unpaired) electrons. The third kappa shape index (κ3) is 5.49. The summed E-state index contributed by atoms with van der Waals surface area (Å²) in [5.74, 6) is -0.332. The lowest BCUT2D eigenvalue weighted by atomic mass is 10.1. The van der Waals surface area contributed by atoms with Crippen LogP contribution in [0.5, 0.6) is 17.2 Å². The quantitative estimate of drug-likeness (QED) is 0.369. The summed E-state index contributed by atoms with van der Waals surface area (Å²) in [5, 5.41) is 0.441. The van der Waals surface area contributed by atoms with E-state index in [1.165, 1.54) is 19.6 Å². The smallest absolute Gasteiger partial charge is 0.383 e. The van der Waals surface area contributed by atoms with Crippen molar-refractivity contribution >= 4 is 16.9 Å². The zero-order valence-corrected chi connectivity index (χ0v) is 17.0. The number of carbonyl (C=O) groups excluding carboxylic acids is 1. The van der Waals surface area contributed by atoms with Gasteiger partial charge in [0.05, 0.1) is 7.11 Å². The summed E-state index contributed by atoms with van der Waals surface area (Å²) in [7, 11) is 1.50. The molecule has 1 heterocycles. The van der Waals surface area contributed by atoms with E-state index in [1.807, 2.05) is 13.0 Å². The predicted octanol–water partition coefficient (Wildman–Crippen LogP) is 4.80. The summed E-state index contributed by atoms with van der Waals surface area (Å²) in [6.45, 7) is 7.58. The molecule has 0 saturated carbocycles. The van der Waals surface area contributed by atoms with Crippen LogP contribution >= 0.6 is 0 Å². The van der Waals surface area contributed by atoms with Crippen molar-refractivity contribution in [2.24, 2.45) is 0 Å². The van der Waals surface area contributed by atoms with Gasteiger partial charge in [-0.1, -0.05) is 23.3 Å². The van der Waals surface area contributed by atoms with E-state index < -0.39 is 11.6 Å². The Bertz CT molecular complexity index is 961. The minimum atomic E-state index is -0.782. The van der Waals surface area contributed by atoms with Crippen molar-refractivity contribution < 1.29 is 23.4 Å². The number of benzene rings is 1. The predicted molar refractivity (Wildman–Crippen MR) is 108 cm³/mol. The molecule has 0 spiro atoms. The number of hydrogen-bond acceptors (Lipinski definition) is 6. The highest BCUT2D eigenvalue weighted by Gasteiger charge is 2.22. The maximum absolute atomic E-state index is 12.3. The second-order valence-corrected chi connectivity index (χ2v) is 6.66. The number of methoxy groups -OCH3 is 1. The van der Waals surface area contributed by atoms with Gasteiger partial charge in [-0.05, 0) is 51.8 Å². The van der Waals surface area contributed by atoms with Gasteiger partial charge in [0.25, 0.3) is 5.75 Å². The van der Waals surface area contributed by atoms with Crippen LogP contribution in [-0.4, -0.2) is 19.7 Å². The van der Waals surface area contributed by atoms with E-state index in [1.54, 1.807) is 18.2 Å². The Hall–Kier alpha value is -3.02. The van der Waals surface area contributed by atoms with Gasteiger partial charge in [0.1, 0.15) is 23.3 Å². The van der Waals surface area contributed by atoms with Crippen LogP contribution in [0.2, 0.25) is 0 Å². The van der Waals surface area contributed by atoms with Crippen molar-refractivity contribution in [2.75, 3.05) is 13.7 Å². The molecular formula is C22H26O6. The molecule has 2 aromatic rings. The number of fused-ring (bicyclic) bond motifs is 1. The molecule has 150 valence electrons. The number of rotatable bonds is 8. The zero-order chi connectivity index (χ0) is 20.7. The fourth-order valence-corrected chi connectivity index (χ4v) is 2.67. The van der Waals surface area contributed by atoms with Gasteiger partial charge in [0, 0.05) is 6.92 Å². The molecule has 28 heavy (non-hydrogen) atoms. The summed E-state index contributed by atoms with van der Waals surface area (Å²) in [6, 6.07) is 5.05. The van der Waals surface area contributed by atoms with Crippen LogP contribution in [0.1, 0.15) is 40.5 Å². The van der Waals surface area contributed by atoms with E-state index in [9.17, 15) is 9.59 Å². The van der Waals surface area contributed by atoms with Crippen LogP contribution in [0, 0.1) is 0 Å². The van der Waals surface area contributed by atoms with Crippen LogP contribution < -0.4 is 19.8 Å². The van der Waals surface area contributed by atoms with E-state index in [-0.39, 0.29) is 18.1 Å². The van der Waals surface area contributed by atoms with E-state index in [4.69, 9.17) is 18.6 Å². The van der Waals surface area contributed by atoms with Gasteiger partial charge in [0.2, 0.25) is 0 Å². The molecule has 0 aliphatic rings. The topological polar surface area (TPSA) is 75.0 Å². The van der Waals surface area contributed by atoms with Gasteiger partial charge in [-0.2, -0.15) is 0 Å². The summed E-state index contributed by atoms with van der Waals surface area (Å²) >= 11 is 0. The molecule has 0 unspecified atom stereocenters. The van der Waals surface area contributed by atoms with Crippen molar-refractivity contribution in [3.63, 3.8) is 0 Å². The third-order valence-corrected chi connectivity index (χ3v) is 4.03. The van der Waals surface area contributed by atoms with Gasteiger partial charge in [-0.15, -0.1) is 0 Å². The highest BCUT2D eigenvalue weighted by molar-refractivity contribution is 5.92. The molecule has 1 aromatic heterocycles. The number of allylic oxidation sites excluding steroid dienone is 3. The highest BCUT2D eigenvalue weighted by Crippen LogP contribution is 2.38. The van der Waals surface area contributed by atoms with Crippen LogP contribution in [-0.2, 0) is 4.79 Å². The minimum absolute atomic E-state index is 0.132. The maximum atomic E-state index is 12.3. The Morgan fingerprint density at radius 1 is 1.11 bits per heavy atom. The second kappa shape index (κ2) is 9.78. The van der Waals surface area contributed by atoms with Gasteiger partial charge < -0.3 is 18.6 Å². The highest BCUT2D eigenvalue weighted by atomic mass is 16.6. The summed E-state index contributed by atoms with van der Waals surface area (Å²) in [6.07, 6.45) is 5.98. The third-order valence-electron chi connectivity index (χ3n) is 4.03. The van der Waals surface area contributed by atoms with Crippen molar-refractivity contribution in [1.29, 1.82) is 0 Å². The standard InChI is InChI=1S/C22H26O6/c1-14(2)8-6-9-15(3)12-13-26-20-19-17(25-5)10-7-11-18(19)28-22(24)21(20)27-16(4)23/h7-8,10-12H,6,9,13H2,1-5H3/b15-12+. The molecule has 0 aliphatic heterocycles. The Morgan fingerprint density at radius 3 is 2.50 bits per heavy atom. The first-order chi connectivity index (χ1) is 13.3. The van der Waals surface area contributed by atoms with Gasteiger partial charge in [-0.3, -0.25) is 4.79 Å². The molecule has 0 aliphatic carbocycles. The summed E-state index contributed by atoms with van der Waals surface area (Å²) < 4.78 is 21.6. The molecule has 0 amide bonds. The molecule has 2 rings (SSSR count). The van der Waals surface area contributed by atoms with Gasteiger partial charge in [-0.25, -0.2) is 4.79 Å². The molecule has 6 heteroatoms. The monoisotopic (exact) mass is 386 g/mol. The summed E-state index contributed by atoms with van der Waals surface area (Å²) in [4.78, 5) is 23.8. The average Bonchev–Trinajstić information content (AvgIpc) is 2.62. The molecule has 0 saturated heterocycles. The first kappa shape index (κ1) is 21.3. The van der Waals surface area contributed by atoms with E-state index in [0.29, 0.717) is 16.7 Å². The van der Waals surface area contributed by atoms with Gasteiger partial charge in [0.15, 0.2) is 5.75 Å². The van der Waals surface area contributed by atoms with Crippen LogP contribution in [0.15, 0.2) is 50.7 Å². The Kier molecular flexibility index (Phi) is 7.44. The van der Waals surface area contributed by atoms with E-state index in [2.05, 4.69) is 19.9 Å². The Labute approximate surface area is 164 Å². The molecule has 0 atom stereocenters. The molecule has 0 N–H and O–H groups in total. The molecular weight excluding hydrogens is 360 g/mol. The number of esters is 1. The molecule has 6 nitrogen and oxygen atoms in total. The lowest BCUT2D eigenvalue weighted by Crippen LogP contribution is -2.14. The number of ether oxygens (including phenoxy) is 3. The number of carbonyl (C=O) groups is 1. The van der Waals surface area contributed by atoms with Crippen molar-refractivity contribution in [3.05, 3.63) is 51.9 Å². The minimum Gasteiger partial charge on any atom is -0.496 e. The molecule has 1 aromatic carbocycles. The maximum Gasteiger partial charge on any atom is 0.383 e. The van der Waals surface area contributed by atoms with Crippen LogP contribution in [0.4, 0.5) is 0 Å². The molecule has 0 bridgehead atoms. The van der Waals surface area contributed by atoms with Gasteiger partial charge >= 0.3 is 11.6 Å². The lowest BCUT2D eigenvalue weighted by molar-refractivity contribution is -0.132. The van der Waals surface area contributed by atoms with Crippen molar-refractivity contribution in [1.82, 2.24) is 0 Å². The average molecular weight is 386 g/mol. The first-order valence-corrected chi connectivity index (χ1v) is 9.07. The van der Waals surface area contributed by atoms with Crippen LogP contribution in [0.3, 0.4) is 0 Å². The van der Waals surface area contributed by atoms with Crippen LogP contribution in [0.25, 0.3) is 11.0 Å². The van der Waals surface area contributed by atoms with E-state index in [0.717, 1.165) is 18.4 Å². The first-order valence-electron chi connectivity index (χ1n) is 9.07. The van der Waals surface area contributed by atoms with Crippen molar-refractivity contribution in [2.45, 2.75) is 40.5 Å². The SMILES string of the molecule is COc1cccc2oc(=O)c(OC(C)=O)c(OC/C=C(\C)CCC=C(C)C)c12. The van der Waals surface area contributed by atoms with E-state index >= 15 is 0 Å². The Balaban J connectivity index is 2.38. The largest absolute Gasteiger partial charge is 0.496 e. The Morgan fingerprint density at radius 2 is 1.86 bits per heavy atom. The number of hydrogen-bond donors (Lipinski definition) is 0. The second-order valence-electron chi connectivity index (χ2n) is 6.66. The summed E-state index contributed by atoms with van der Waals surface area (Å²) in [5.41, 5.74) is 1.95. The lowest BCUT2D eigenvalue weighted by Gasteiger charge is -2.13. The normalized spacial score (nSPS) is 11.2. The van der Waals surface area contributed by atoms with Crippen molar-refractivity contribution in [3.8, 4) is 17.2 Å². The fraction of sp³-hybridized carbons (Fsp3) is 0.364.